The van der Waals surface area contributed by atoms with Crippen molar-refractivity contribution in [3.8, 4) is 0 Å². The van der Waals surface area contributed by atoms with E-state index in [0.717, 1.165) is 16.5 Å². The van der Waals surface area contributed by atoms with Crippen LogP contribution in [0.3, 0.4) is 0 Å². The Hall–Kier alpha value is -1.03. The molecule has 0 aliphatic heterocycles. The topological polar surface area (TPSA) is 41.1 Å². The summed E-state index contributed by atoms with van der Waals surface area (Å²) in [7, 11) is 0. The van der Waals surface area contributed by atoms with Crippen molar-refractivity contribution < 1.29 is 4.79 Å². The third-order valence-corrected chi connectivity index (χ3v) is 2.78. The number of hydrogen-bond acceptors (Lipinski definition) is 1. The van der Waals surface area contributed by atoms with Crippen LogP contribution in [0, 0.1) is 0 Å². The first-order valence-electron chi connectivity index (χ1n) is 5.43. The van der Waals surface area contributed by atoms with Gasteiger partial charge in [-0.25, -0.2) is 4.79 Å². The minimum Gasteiger partial charge on any atom is -0.338 e. The number of carbonyl (C=O) groups excluding carboxylic acids is 1. The van der Waals surface area contributed by atoms with Crippen molar-refractivity contribution in [2.75, 3.05) is 6.54 Å². The Balaban J connectivity index is 2.48. The highest BCUT2D eigenvalue weighted by molar-refractivity contribution is 9.10. The van der Waals surface area contributed by atoms with E-state index in [0.29, 0.717) is 6.54 Å². The number of halogens is 1. The first kappa shape index (κ1) is 13.0. The van der Waals surface area contributed by atoms with E-state index in [9.17, 15) is 4.79 Å². The molecule has 2 amide bonds. The lowest BCUT2D eigenvalue weighted by atomic mass is 10.1. The van der Waals surface area contributed by atoms with Crippen LogP contribution in [0.5, 0.6) is 0 Å². The van der Waals surface area contributed by atoms with Crippen molar-refractivity contribution in [1.29, 1.82) is 0 Å². The predicted molar refractivity (Wildman–Crippen MR) is 69.4 cm³/mol. The average Bonchev–Trinajstić information content (AvgIpc) is 2.27. The second-order valence-corrected chi connectivity index (χ2v) is 4.59. The Kier molecular flexibility index (Phi) is 5.32. The molecular weight excluding hydrogens is 268 g/mol. The quantitative estimate of drug-likeness (QED) is 0.876. The molecule has 1 aromatic carbocycles. The maximum Gasteiger partial charge on any atom is 0.315 e. The van der Waals surface area contributed by atoms with E-state index in [4.69, 9.17) is 0 Å². The average molecular weight is 285 g/mol. The van der Waals surface area contributed by atoms with Crippen molar-refractivity contribution in [2.24, 2.45) is 0 Å². The Labute approximate surface area is 105 Å². The summed E-state index contributed by atoms with van der Waals surface area (Å²) in [5.41, 5.74) is 1.09. The highest BCUT2D eigenvalue weighted by atomic mass is 79.9. The Morgan fingerprint density at radius 1 is 1.38 bits per heavy atom. The van der Waals surface area contributed by atoms with E-state index in [-0.39, 0.29) is 12.1 Å². The molecule has 0 bridgehead atoms. The second kappa shape index (κ2) is 6.53. The van der Waals surface area contributed by atoms with Crippen molar-refractivity contribution in [3.63, 3.8) is 0 Å². The number of benzene rings is 1. The molecule has 0 radical (unpaired) electrons. The van der Waals surface area contributed by atoms with Gasteiger partial charge in [0.1, 0.15) is 0 Å². The zero-order valence-corrected chi connectivity index (χ0v) is 11.2. The number of rotatable bonds is 4. The van der Waals surface area contributed by atoms with E-state index < -0.39 is 0 Å². The standard InChI is InChI=1S/C12H17BrN2O/c1-3-8-14-12(16)15-9(2)10-4-6-11(13)7-5-10/h4-7,9H,3,8H2,1-2H3,(H2,14,15,16)/t9-/m1/s1. The second-order valence-electron chi connectivity index (χ2n) is 3.67. The zero-order chi connectivity index (χ0) is 12.0. The first-order chi connectivity index (χ1) is 7.63. The minimum absolute atomic E-state index is 0.0185. The van der Waals surface area contributed by atoms with Gasteiger partial charge in [0.2, 0.25) is 0 Å². The summed E-state index contributed by atoms with van der Waals surface area (Å²) < 4.78 is 1.04. The molecule has 1 aromatic rings. The molecule has 0 fully saturated rings. The van der Waals surface area contributed by atoms with Gasteiger partial charge < -0.3 is 10.6 Å². The van der Waals surface area contributed by atoms with Crippen LogP contribution < -0.4 is 10.6 Å². The van der Waals surface area contributed by atoms with E-state index in [1.165, 1.54) is 0 Å². The molecule has 0 heterocycles. The molecule has 0 saturated heterocycles. The summed E-state index contributed by atoms with van der Waals surface area (Å²) in [5.74, 6) is 0. The maximum atomic E-state index is 11.4. The molecule has 4 heteroatoms. The summed E-state index contributed by atoms with van der Waals surface area (Å²) in [6.07, 6.45) is 0.945. The molecule has 0 aliphatic carbocycles. The van der Waals surface area contributed by atoms with Gasteiger partial charge in [-0.2, -0.15) is 0 Å². The maximum absolute atomic E-state index is 11.4. The highest BCUT2D eigenvalue weighted by Gasteiger charge is 2.07. The van der Waals surface area contributed by atoms with Gasteiger partial charge in [-0.05, 0) is 31.0 Å². The lowest BCUT2D eigenvalue weighted by molar-refractivity contribution is 0.238. The van der Waals surface area contributed by atoms with Gasteiger partial charge in [-0.15, -0.1) is 0 Å². The lowest BCUT2D eigenvalue weighted by Gasteiger charge is -2.14. The molecule has 3 nitrogen and oxygen atoms in total. The van der Waals surface area contributed by atoms with E-state index in [2.05, 4.69) is 26.6 Å². The Morgan fingerprint density at radius 3 is 2.56 bits per heavy atom. The largest absolute Gasteiger partial charge is 0.338 e. The molecule has 0 unspecified atom stereocenters. The van der Waals surface area contributed by atoms with E-state index in [1.807, 2.05) is 38.1 Å². The number of hydrogen-bond donors (Lipinski definition) is 2. The molecular formula is C12H17BrN2O. The van der Waals surface area contributed by atoms with Crippen LogP contribution in [0.4, 0.5) is 4.79 Å². The molecule has 0 spiro atoms. The van der Waals surface area contributed by atoms with Crippen LogP contribution in [0.15, 0.2) is 28.7 Å². The van der Waals surface area contributed by atoms with Crippen LogP contribution in [-0.2, 0) is 0 Å². The van der Waals surface area contributed by atoms with Crippen LogP contribution in [0.25, 0.3) is 0 Å². The summed E-state index contributed by atoms with van der Waals surface area (Å²) in [6, 6.07) is 7.83. The SMILES string of the molecule is CCCNC(=O)N[C@H](C)c1ccc(Br)cc1. The van der Waals surface area contributed by atoms with Crippen molar-refractivity contribution >= 4 is 22.0 Å². The number of nitrogens with one attached hydrogen (secondary N) is 2. The molecule has 16 heavy (non-hydrogen) atoms. The molecule has 0 aromatic heterocycles. The molecule has 0 aliphatic rings. The van der Waals surface area contributed by atoms with E-state index >= 15 is 0 Å². The first-order valence-corrected chi connectivity index (χ1v) is 6.22. The third-order valence-electron chi connectivity index (χ3n) is 2.25. The van der Waals surface area contributed by atoms with Gasteiger partial charge in [0.05, 0.1) is 6.04 Å². The highest BCUT2D eigenvalue weighted by Crippen LogP contribution is 2.16. The van der Waals surface area contributed by atoms with Gasteiger partial charge in [0.15, 0.2) is 0 Å². The zero-order valence-electron chi connectivity index (χ0n) is 9.59. The monoisotopic (exact) mass is 284 g/mol. The van der Waals surface area contributed by atoms with Gasteiger partial charge in [0.25, 0.3) is 0 Å². The Morgan fingerprint density at radius 2 is 2.00 bits per heavy atom. The predicted octanol–water partition coefficient (Wildman–Crippen LogP) is 3.22. The van der Waals surface area contributed by atoms with Gasteiger partial charge in [-0.3, -0.25) is 0 Å². The van der Waals surface area contributed by atoms with Crippen LogP contribution in [0.2, 0.25) is 0 Å². The van der Waals surface area contributed by atoms with Crippen molar-refractivity contribution in [1.82, 2.24) is 10.6 Å². The van der Waals surface area contributed by atoms with Crippen LogP contribution in [0.1, 0.15) is 31.9 Å². The summed E-state index contributed by atoms with van der Waals surface area (Å²) >= 11 is 3.38. The minimum atomic E-state index is -0.114. The molecule has 2 N–H and O–H groups in total. The summed E-state index contributed by atoms with van der Waals surface area (Å²) in [6.45, 7) is 4.70. The fourth-order valence-corrected chi connectivity index (χ4v) is 1.59. The van der Waals surface area contributed by atoms with Gasteiger partial charge in [0, 0.05) is 11.0 Å². The normalized spacial score (nSPS) is 11.9. The van der Waals surface area contributed by atoms with Gasteiger partial charge >= 0.3 is 6.03 Å². The number of amides is 2. The third kappa shape index (κ3) is 4.23. The summed E-state index contributed by atoms with van der Waals surface area (Å²) in [5, 5.41) is 5.67. The Bertz CT molecular complexity index is 337. The summed E-state index contributed by atoms with van der Waals surface area (Å²) in [4.78, 5) is 11.4. The number of carbonyl (C=O) groups is 1. The smallest absolute Gasteiger partial charge is 0.315 e. The van der Waals surface area contributed by atoms with E-state index in [1.54, 1.807) is 0 Å². The molecule has 1 atom stereocenters. The molecule has 88 valence electrons. The molecule has 0 saturated carbocycles. The van der Waals surface area contributed by atoms with Crippen LogP contribution in [-0.4, -0.2) is 12.6 Å². The molecule has 1 rings (SSSR count). The fraction of sp³-hybridized carbons (Fsp3) is 0.417. The fourth-order valence-electron chi connectivity index (χ4n) is 1.32. The van der Waals surface area contributed by atoms with Crippen molar-refractivity contribution in [3.05, 3.63) is 34.3 Å². The number of urea groups is 1. The van der Waals surface area contributed by atoms with Crippen LogP contribution >= 0.6 is 15.9 Å². The lowest BCUT2D eigenvalue weighted by Crippen LogP contribution is -2.37. The van der Waals surface area contributed by atoms with Gasteiger partial charge in [-0.1, -0.05) is 35.0 Å². The van der Waals surface area contributed by atoms with Crippen molar-refractivity contribution in [2.45, 2.75) is 26.3 Å².